The second kappa shape index (κ2) is 6.96. The standard InChI is InChI=1S/C19H24N4O2S/c1-12(2)23-11-15-14(19(23)24)9-13(17(21-15)25-3)10-22-7-4-5-16(22)18-20-6-8-26-18/h6,8-9,12,16H,4-5,7,10-11H2,1-3H3/t16-/m0/s1. The largest absolute Gasteiger partial charge is 0.481 e. The molecule has 4 rings (SSSR count). The molecule has 2 aliphatic rings. The molecule has 1 amide bonds. The van der Waals surface area contributed by atoms with Crippen molar-refractivity contribution in [3.8, 4) is 5.88 Å². The van der Waals surface area contributed by atoms with Gasteiger partial charge >= 0.3 is 0 Å². The Morgan fingerprint density at radius 2 is 2.27 bits per heavy atom. The van der Waals surface area contributed by atoms with Crippen LogP contribution in [0.2, 0.25) is 0 Å². The fourth-order valence-electron chi connectivity index (χ4n) is 3.89. The minimum absolute atomic E-state index is 0.0734. The van der Waals surface area contributed by atoms with Crippen molar-refractivity contribution in [1.29, 1.82) is 0 Å². The topological polar surface area (TPSA) is 58.6 Å². The summed E-state index contributed by atoms with van der Waals surface area (Å²) in [5.41, 5.74) is 2.52. The molecule has 7 heteroatoms. The number of hydrogen-bond acceptors (Lipinski definition) is 6. The van der Waals surface area contributed by atoms with E-state index in [1.54, 1.807) is 18.4 Å². The number of rotatable bonds is 5. The molecule has 4 heterocycles. The van der Waals surface area contributed by atoms with E-state index < -0.39 is 0 Å². The van der Waals surface area contributed by atoms with Crippen molar-refractivity contribution < 1.29 is 9.53 Å². The van der Waals surface area contributed by atoms with Crippen molar-refractivity contribution >= 4 is 17.2 Å². The van der Waals surface area contributed by atoms with Gasteiger partial charge in [-0.15, -0.1) is 11.3 Å². The van der Waals surface area contributed by atoms with Gasteiger partial charge in [-0.2, -0.15) is 0 Å². The van der Waals surface area contributed by atoms with Crippen molar-refractivity contribution in [3.05, 3.63) is 39.5 Å². The minimum Gasteiger partial charge on any atom is -0.481 e. The van der Waals surface area contributed by atoms with E-state index in [-0.39, 0.29) is 11.9 Å². The van der Waals surface area contributed by atoms with Crippen molar-refractivity contribution in [3.63, 3.8) is 0 Å². The maximum absolute atomic E-state index is 12.7. The highest BCUT2D eigenvalue weighted by atomic mass is 32.1. The van der Waals surface area contributed by atoms with Crippen LogP contribution in [0.3, 0.4) is 0 Å². The van der Waals surface area contributed by atoms with Crippen LogP contribution >= 0.6 is 11.3 Å². The molecule has 0 unspecified atom stereocenters. The molecule has 26 heavy (non-hydrogen) atoms. The molecule has 0 bridgehead atoms. The predicted molar refractivity (Wildman–Crippen MR) is 100 cm³/mol. The molecule has 1 saturated heterocycles. The summed E-state index contributed by atoms with van der Waals surface area (Å²) >= 11 is 1.71. The lowest BCUT2D eigenvalue weighted by Gasteiger charge is -2.23. The minimum atomic E-state index is 0.0734. The second-order valence-electron chi connectivity index (χ2n) is 7.18. The monoisotopic (exact) mass is 372 g/mol. The lowest BCUT2D eigenvalue weighted by atomic mass is 10.1. The molecule has 2 aromatic heterocycles. The van der Waals surface area contributed by atoms with Gasteiger partial charge in [-0.05, 0) is 39.3 Å². The number of carbonyl (C=O) groups is 1. The number of likely N-dealkylation sites (tertiary alicyclic amines) is 1. The Morgan fingerprint density at radius 3 is 2.96 bits per heavy atom. The summed E-state index contributed by atoms with van der Waals surface area (Å²) in [5.74, 6) is 0.705. The van der Waals surface area contributed by atoms with Crippen LogP contribution in [0.5, 0.6) is 5.88 Å². The zero-order valence-corrected chi connectivity index (χ0v) is 16.3. The Hall–Kier alpha value is -1.99. The van der Waals surface area contributed by atoms with E-state index in [0.29, 0.717) is 18.5 Å². The summed E-state index contributed by atoms with van der Waals surface area (Å²) < 4.78 is 5.56. The Morgan fingerprint density at radius 1 is 1.42 bits per heavy atom. The fraction of sp³-hybridized carbons (Fsp3) is 0.526. The molecule has 0 aromatic carbocycles. The summed E-state index contributed by atoms with van der Waals surface area (Å²) in [6.07, 6.45) is 4.15. The van der Waals surface area contributed by atoms with E-state index in [9.17, 15) is 4.79 Å². The van der Waals surface area contributed by atoms with Crippen LogP contribution in [-0.4, -0.2) is 45.4 Å². The zero-order valence-electron chi connectivity index (χ0n) is 15.4. The average molecular weight is 372 g/mol. The van der Waals surface area contributed by atoms with Gasteiger partial charge in [0.25, 0.3) is 5.91 Å². The van der Waals surface area contributed by atoms with Gasteiger partial charge < -0.3 is 9.64 Å². The molecule has 6 nitrogen and oxygen atoms in total. The molecule has 0 radical (unpaired) electrons. The van der Waals surface area contributed by atoms with E-state index in [1.165, 1.54) is 0 Å². The quantitative estimate of drug-likeness (QED) is 0.806. The van der Waals surface area contributed by atoms with Crippen LogP contribution in [0, 0.1) is 0 Å². The van der Waals surface area contributed by atoms with E-state index in [1.807, 2.05) is 36.4 Å². The van der Waals surface area contributed by atoms with Gasteiger partial charge in [-0.1, -0.05) is 0 Å². The number of carbonyl (C=O) groups excluding carboxylic acids is 1. The van der Waals surface area contributed by atoms with Gasteiger partial charge in [0.2, 0.25) is 5.88 Å². The van der Waals surface area contributed by atoms with Gasteiger partial charge in [0.05, 0.1) is 31.0 Å². The number of hydrogen-bond donors (Lipinski definition) is 0. The molecule has 1 atom stereocenters. The van der Waals surface area contributed by atoms with Crippen LogP contribution in [0.4, 0.5) is 0 Å². The third kappa shape index (κ3) is 2.99. The van der Waals surface area contributed by atoms with Crippen LogP contribution in [0.15, 0.2) is 17.6 Å². The number of nitrogens with zero attached hydrogens (tertiary/aromatic N) is 4. The van der Waals surface area contributed by atoms with E-state index in [0.717, 1.165) is 47.8 Å². The Labute approximate surface area is 157 Å². The van der Waals surface area contributed by atoms with Crippen LogP contribution < -0.4 is 4.74 Å². The first-order valence-electron chi connectivity index (χ1n) is 9.09. The number of thiazole rings is 1. The van der Waals surface area contributed by atoms with E-state index in [4.69, 9.17) is 4.74 Å². The normalized spacial score (nSPS) is 20.2. The molecular weight excluding hydrogens is 348 g/mol. The molecular formula is C19H24N4O2S. The molecule has 1 fully saturated rings. The Kier molecular flexibility index (Phi) is 4.67. The zero-order chi connectivity index (χ0) is 18.3. The third-order valence-corrected chi connectivity index (χ3v) is 6.12. The van der Waals surface area contributed by atoms with Gasteiger partial charge in [-0.3, -0.25) is 9.69 Å². The number of methoxy groups -OCH3 is 1. The summed E-state index contributed by atoms with van der Waals surface area (Å²) in [4.78, 5) is 26.1. The van der Waals surface area contributed by atoms with Crippen LogP contribution in [0.1, 0.15) is 59.4 Å². The Bertz CT molecular complexity index is 806. The molecule has 0 N–H and O–H groups in total. The lowest BCUT2D eigenvalue weighted by molar-refractivity contribution is 0.0730. The van der Waals surface area contributed by atoms with E-state index >= 15 is 0 Å². The first-order valence-corrected chi connectivity index (χ1v) is 9.97. The number of aromatic nitrogens is 2. The molecule has 2 aromatic rings. The fourth-order valence-corrected chi connectivity index (χ4v) is 4.69. The smallest absolute Gasteiger partial charge is 0.256 e. The summed E-state index contributed by atoms with van der Waals surface area (Å²) in [6.45, 7) is 6.38. The first kappa shape index (κ1) is 17.4. The number of pyridine rings is 1. The van der Waals surface area contributed by atoms with Crippen molar-refractivity contribution in [2.75, 3.05) is 13.7 Å². The van der Waals surface area contributed by atoms with Gasteiger partial charge in [0, 0.05) is 29.7 Å². The first-order chi connectivity index (χ1) is 12.6. The molecule has 0 aliphatic carbocycles. The second-order valence-corrected chi connectivity index (χ2v) is 8.10. The predicted octanol–water partition coefficient (Wildman–Crippen LogP) is 3.25. The number of amides is 1. The van der Waals surface area contributed by atoms with Gasteiger partial charge in [-0.25, -0.2) is 9.97 Å². The highest BCUT2D eigenvalue weighted by molar-refractivity contribution is 7.09. The number of fused-ring (bicyclic) bond motifs is 1. The summed E-state index contributed by atoms with van der Waals surface area (Å²) in [7, 11) is 1.65. The maximum Gasteiger partial charge on any atom is 0.256 e. The van der Waals surface area contributed by atoms with Crippen molar-refractivity contribution in [2.45, 2.75) is 51.9 Å². The van der Waals surface area contributed by atoms with Crippen LogP contribution in [-0.2, 0) is 13.1 Å². The van der Waals surface area contributed by atoms with Crippen LogP contribution in [0.25, 0.3) is 0 Å². The van der Waals surface area contributed by atoms with E-state index in [2.05, 4.69) is 14.9 Å². The third-order valence-electron chi connectivity index (χ3n) is 5.24. The Balaban J connectivity index is 1.62. The molecule has 2 aliphatic heterocycles. The highest BCUT2D eigenvalue weighted by Crippen LogP contribution is 2.36. The highest BCUT2D eigenvalue weighted by Gasteiger charge is 2.33. The summed E-state index contributed by atoms with van der Waals surface area (Å²) in [5, 5.41) is 3.19. The SMILES string of the molecule is COc1nc2c(cc1CN1CCC[C@H]1c1nccs1)C(=O)N(C(C)C)C2. The number of ether oxygens (including phenoxy) is 1. The summed E-state index contributed by atoms with van der Waals surface area (Å²) in [6, 6.07) is 2.50. The van der Waals surface area contributed by atoms with Crippen molar-refractivity contribution in [1.82, 2.24) is 19.8 Å². The van der Waals surface area contributed by atoms with Gasteiger partial charge in [0.15, 0.2) is 0 Å². The average Bonchev–Trinajstić information content (AvgIpc) is 3.35. The van der Waals surface area contributed by atoms with Crippen molar-refractivity contribution in [2.24, 2.45) is 0 Å². The lowest BCUT2D eigenvalue weighted by Crippen LogP contribution is -2.30. The maximum atomic E-state index is 12.7. The molecule has 138 valence electrons. The van der Waals surface area contributed by atoms with Gasteiger partial charge in [0.1, 0.15) is 5.01 Å². The molecule has 0 spiro atoms. The molecule has 0 saturated carbocycles.